The number of sulfonamides is 1. The van der Waals surface area contributed by atoms with E-state index in [9.17, 15) is 17.6 Å². The van der Waals surface area contributed by atoms with E-state index < -0.39 is 21.9 Å². The van der Waals surface area contributed by atoms with E-state index in [2.05, 4.69) is 0 Å². The molecule has 2 aromatic carbocycles. The number of hydrogen-bond donors (Lipinski definition) is 0. The fourth-order valence-electron chi connectivity index (χ4n) is 2.96. The fraction of sp³-hybridized carbons (Fsp3) is 0.316. The van der Waals surface area contributed by atoms with Crippen molar-refractivity contribution in [2.75, 3.05) is 26.2 Å². The highest BCUT2D eigenvalue weighted by Gasteiger charge is 2.32. The molecule has 0 aliphatic carbocycles. The highest BCUT2D eigenvalue weighted by Crippen LogP contribution is 2.21. The van der Waals surface area contributed by atoms with E-state index in [4.69, 9.17) is 16.3 Å². The maximum absolute atomic E-state index is 13.0. The quantitative estimate of drug-likeness (QED) is 0.737. The highest BCUT2D eigenvalue weighted by molar-refractivity contribution is 7.89. The Kier molecular flexibility index (Phi) is 6.22. The van der Waals surface area contributed by atoms with E-state index in [1.165, 1.54) is 16.4 Å². The Balaban J connectivity index is 1.59. The zero-order valence-corrected chi connectivity index (χ0v) is 16.8. The van der Waals surface area contributed by atoms with E-state index in [1.54, 1.807) is 36.1 Å². The number of halogens is 2. The van der Waals surface area contributed by atoms with Gasteiger partial charge in [0.25, 0.3) is 5.91 Å². The molecule has 0 saturated carbocycles. The molecule has 0 N–H and O–H groups in total. The van der Waals surface area contributed by atoms with Gasteiger partial charge in [0.05, 0.1) is 4.90 Å². The molecule has 1 saturated heterocycles. The van der Waals surface area contributed by atoms with Crippen molar-refractivity contribution in [3.05, 3.63) is 59.4 Å². The number of benzene rings is 2. The third-order valence-corrected chi connectivity index (χ3v) is 6.61. The Bertz CT molecular complexity index is 945. The van der Waals surface area contributed by atoms with Gasteiger partial charge in [-0.1, -0.05) is 17.7 Å². The summed E-state index contributed by atoms with van der Waals surface area (Å²) >= 11 is 5.92. The van der Waals surface area contributed by atoms with Gasteiger partial charge >= 0.3 is 0 Å². The summed E-state index contributed by atoms with van der Waals surface area (Å²) in [5.74, 6) is -0.229. The molecule has 1 aliphatic heterocycles. The minimum absolute atomic E-state index is 0.0336. The molecule has 3 rings (SSSR count). The smallest absolute Gasteiger partial charge is 0.263 e. The predicted molar refractivity (Wildman–Crippen MR) is 103 cm³/mol. The molecule has 150 valence electrons. The zero-order chi connectivity index (χ0) is 20.3. The van der Waals surface area contributed by atoms with Crippen LogP contribution < -0.4 is 4.74 Å². The Labute approximate surface area is 168 Å². The van der Waals surface area contributed by atoms with Crippen LogP contribution in [0.25, 0.3) is 0 Å². The van der Waals surface area contributed by atoms with Crippen molar-refractivity contribution in [3.63, 3.8) is 0 Å². The second-order valence-corrected chi connectivity index (χ2v) is 8.78. The Morgan fingerprint density at radius 2 is 1.75 bits per heavy atom. The van der Waals surface area contributed by atoms with Gasteiger partial charge in [-0.2, -0.15) is 4.31 Å². The van der Waals surface area contributed by atoms with E-state index in [1.807, 2.05) is 0 Å². The van der Waals surface area contributed by atoms with Crippen LogP contribution in [-0.2, 0) is 14.8 Å². The number of carbonyl (C=O) groups excluding carboxylic acids is 1. The lowest BCUT2D eigenvalue weighted by atomic mass is 10.2. The second-order valence-electron chi connectivity index (χ2n) is 6.40. The molecule has 1 aliphatic rings. The maximum Gasteiger partial charge on any atom is 0.263 e. The van der Waals surface area contributed by atoms with Crippen LogP contribution in [-0.4, -0.2) is 55.8 Å². The number of carbonyl (C=O) groups is 1. The first kappa shape index (κ1) is 20.6. The van der Waals surface area contributed by atoms with Crippen LogP contribution in [0.5, 0.6) is 5.75 Å². The van der Waals surface area contributed by atoms with E-state index in [0.717, 1.165) is 12.1 Å². The van der Waals surface area contributed by atoms with Crippen LogP contribution in [0.15, 0.2) is 53.4 Å². The molecule has 6 nitrogen and oxygen atoms in total. The van der Waals surface area contributed by atoms with Crippen molar-refractivity contribution in [1.82, 2.24) is 9.21 Å². The summed E-state index contributed by atoms with van der Waals surface area (Å²) < 4.78 is 45.3. The Morgan fingerprint density at radius 3 is 2.36 bits per heavy atom. The fourth-order valence-corrected chi connectivity index (χ4v) is 4.56. The van der Waals surface area contributed by atoms with Crippen molar-refractivity contribution >= 4 is 27.5 Å². The zero-order valence-electron chi connectivity index (χ0n) is 15.2. The summed E-state index contributed by atoms with van der Waals surface area (Å²) in [4.78, 5) is 14.2. The first-order valence-electron chi connectivity index (χ1n) is 8.74. The van der Waals surface area contributed by atoms with Crippen LogP contribution in [0.4, 0.5) is 4.39 Å². The molecule has 1 amide bonds. The Morgan fingerprint density at radius 1 is 1.11 bits per heavy atom. The number of rotatable bonds is 5. The van der Waals surface area contributed by atoms with Gasteiger partial charge in [-0.3, -0.25) is 4.79 Å². The molecule has 1 fully saturated rings. The van der Waals surface area contributed by atoms with Gasteiger partial charge < -0.3 is 9.64 Å². The third-order valence-electron chi connectivity index (χ3n) is 4.46. The number of ether oxygens (including phenoxy) is 1. The number of amides is 1. The van der Waals surface area contributed by atoms with Gasteiger partial charge in [0.15, 0.2) is 6.10 Å². The van der Waals surface area contributed by atoms with Crippen LogP contribution in [0.2, 0.25) is 5.02 Å². The average Bonchev–Trinajstić information content (AvgIpc) is 2.68. The molecule has 2 aromatic rings. The SMILES string of the molecule is C[C@@H](Oc1cccc(Cl)c1)C(=O)N1CCN(S(=O)(=O)c2ccc(F)cc2)CC1. The normalized spacial score (nSPS) is 16.6. The average molecular weight is 427 g/mol. The van der Waals surface area contributed by atoms with Crippen LogP contribution in [0.3, 0.4) is 0 Å². The molecule has 0 bridgehead atoms. The highest BCUT2D eigenvalue weighted by atomic mass is 35.5. The molecular weight excluding hydrogens is 407 g/mol. The van der Waals surface area contributed by atoms with Crippen molar-refractivity contribution in [2.24, 2.45) is 0 Å². The van der Waals surface area contributed by atoms with Gasteiger partial charge in [0.1, 0.15) is 11.6 Å². The number of hydrogen-bond acceptors (Lipinski definition) is 4. The molecule has 0 aromatic heterocycles. The molecular formula is C19H20ClFN2O4S. The minimum Gasteiger partial charge on any atom is -0.481 e. The van der Waals surface area contributed by atoms with Crippen molar-refractivity contribution < 1.29 is 22.3 Å². The molecule has 0 radical (unpaired) electrons. The summed E-state index contributed by atoms with van der Waals surface area (Å²) in [5, 5.41) is 0.511. The topological polar surface area (TPSA) is 66.9 Å². The molecule has 1 atom stereocenters. The Hall–Kier alpha value is -2.16. The van der Waals surface area contributed by atoms with Crippen LogP contribution in [0.1, 0.15) is 6.92 Å². The standard InChI is InChI=1S/C19H20ClFN2O4S/c1-14(27-17-4-2-3-15(20)13-17)19(24)22-9-11-23(12-10-22)28(25,26)18-7-5-16(21)6-8-18/h2-8,13-14H,9-12H2,1H3/t14-/m1/s1. The predicted octanol–water partition coefficient (Wildman–Crippen LogP) is 2.78. The van der Waals surface area contributed by atoms with Gasteiger partial charge in [-0.05, 0) is 49.4 Å². The van der Waals surface area contributed by atoms with Gasteiger partial charge in [0.2, 0.25) is 10.0 Å². The molecule has 0 spiro atoms. The largest absolute Gasteiger partial charge is 0.481 e. The summed E-state index contributed by atoms with van der Waals surface area (Å²) in [6, 6.07) is 11.5. The lowest BCUT2D eigenvalue weighted by Crippen LogP contribution is -2.53. The van der Waals surface area contributed by atoms with Crippen LogP contribution in [0, 0.1) is 5.82 Å². The number of piperazine rings is 1. The monoisotopic (exact) mass is 426 g/mol. The summed E-state index contributed by atoms with van der Waals surface area (Å²) in [6.07, 6.45) is -0.723. The first-order valence-corrected chi connectivity index (χ1v) is 10.6. The summed E-state index contributed by atoms with van der Waals surface area (Å²) in [7, 11) is -3.72. The van der Waals surface area contributed by atoms with Crippen LogP contribution >= 0.6 is 11.6 Å². The lowest BCUT2D eigenvalue weighted by Gasteiger charge is -2.35. The molecule has 28 heavy (non-hydrogen) atoms. The van der Waals surface area contributed by atoms with Crippen molar-refractivity contribution in [1.29, 1.82) is 0 Å². The van der Waals surface area contributed by atoms with Crippen molar-refractivity contribution in [2.45, 2.75) is 17.9 Å². The van der Waals surface area contributed by atoms with E-state index in [-0.39, 0.29) is 37.0 Å². The summed E-state index contributed by atoms with van der Waals surface area (Å²) in [5.41, 5.74) is 0. The summed E-state index contributed by atoms with van der Waals surface area (Å²) in [6.45, 7) is 2.47. The third kappa shape index (κ3) is 4.63. The first-order chi connectivity index (χ1) is 13.3. The molecule has 9 heteroatoms. The minimum atomic E-state index is -3.72. The van der Waals surface area contributed by atoms with Crippen molar-refractivity contribution in [3.8, 4) is 5.75 Å². The molecule has 0 unspecified atom stereocenters. The van der Waals surface area contributed by atoms with Gasteiger partial charge in [-0.25, -0.2) is 12.8 Å². The lowest BCUT2D eigenvalue weighted by molar-refractivity contribution is -0.139. The van der Waals surface area contributed by atoms with E-state index >= 15 is 0 Å². The van der Waals surface area contributed by atoms with E-state index in [0.29, 0.717) is 10.8 Å². The second kappa shape index (κ2) is 8.46. The van der Waals surface area contributed by atoms with Gasteiger partial charge in [-0.15, -0.1) is 0 Å². The molecule has 1 heterocycles. The number of nitrogens with zero attached hydrogens (tertiary/aromatic N) is 2. The van der Waals surface area contributed by atoms with Gasteiger partial charge in [0, 0.05) is 31.2 Å². The maximum atomic E-state index is 13.0.